The molecular weight excluding hydrogens is 244 g/mol. The predicted octanol–water partition coefficient (Wildman–Crippen LogP) is 4.26. The highest BCUT2D eigenvalue weighted by molar-refractivity contribution is 6.30. The van der Waals surface area contributed by atoms with E-state index in [9.17, 15) is 0 Å². The standard InChI is InChI=1S/C15H11ClN2/c1-10-4-6-11(7-5-10)15-12-3-2-8-17-13(12)9-14(16)18-15/h2-9H,1H3. The number of hydrogen-bond donors (Lipinski definition) is 0. The van der Waals surface area contributed by atoms with E-state index < -0.39 is 0 Å². The number of halogens is 1. The third kappa shape index (κ3) is 1.95. The molecule has 0 N–H and O–H groups in total. The molecule has 0 aliphatic rings. The summed E-state index contributed by atoms with van der Waals surface area (Å²) in [6, 6.07) is 14.0. The van der Waals surface area contributed by atoms with Gasteiger partial charge in [0.25, 0.3) is 0 Å². The molecule has 0 aliphatic carbocycles. The number of fused-ring (bicyclic) bond motifs is 1. The van der Waals surface area contributed by atoms with E-state index in [1.165, 1.54) is 5.56 Å². The Morgan fingerprint density at radius 3 is 2.61 bits per heavy atom. The Balaban J connectivity index is 2.31. The Kier molecular flexibility index (Phi) is 2.73. The number of nitrogens with zero attached hydrogens (tertiary/aromatic N) is 2. The highest BCUT2D eigenvalue weighted by Crippen LogP contribution is 2.27. The molecule has 2 nitrogen and oxygen atoms in total. The van der Waals surface area contributed by atoms with Crippen molar-refractivity contribution in [1.29, 1.82) is 0 Å². The zero-order valence-electron chi connectivity index (χ0n) is 9.89. The summed E-state index contributed by atoms with van der Waals surface area (Å²) in [4.78, 5) is 8.75. The van der Waals surface area contributed by atoms with Crippen molar-refractivity contribution in [3.63, 3.8) is 0 Å². The minimum atomic E-state index is 0.469. The number of aromatic nitrogens is 2. The summed E-state index contributed by atoms with van der Waals surface area (Å²) in [7, 11) is 0. The van der Waals surface area contributed by atoms with Crippen molar-refractivity contribution in [3.05, 3.63) is 59.4 Å². The van der Waals surface area contributed by atoms with Crippen LogP contribution in [0.4, 0.5) is 0 Å². The van der Waals surface area contributed by atoms with Crippen LogP contribution >= 0.6 is 11.6 Å². The van der Waals surface area contributed by atoms with Crippen LogP contribution < -0.4 is 0 Å². The highest BCUT2D eigenvalue weighted by atomic mass is 35.5. The molecule has 0 spiro atoms. The van der Waals surface area contributed by atoms with Crippen LogP contribution in [0.5, 0.6) is 0 Å². The maximum Gasteiger partial charge on any atom is 0.131 e. The van der Waals surface area contributed by atoms with Gasteiger partial charge in [-0.05, 0) is 19.1 Å². The van der Waals surface area contributed by atoms with Gasteiger partial charge >= 0.3 is 0 Å². The van der Waals surface area contributed by atoms with Gasteiger partial charge in [0.05, 0.1) is 11.2 Å². The third-order valence-corrected chi connectivity index (χ3v) is 3.09. The van der Waals surface area contributed by atoms with Gasteiger partial charge in [0.2, 0.25) is 0 Å². The van der Waals surface area contributed by atoms with E-state index in [-0.39, 0.29) is 0 Å². The Morgan fingerprint density at radius 1 is 1.06 bits per heavy atom. The molecule has 2 heterocycles. The van der Waals surface area contributed by atoms with Gasteiger partial charge in [-0.25, -0.2) is 4.98 Å². The number of hydrogen-bond acceptors (Lipinski definition) is 2. The summed E-state index contributed by atoms with van der Waals surface area (Å²) >= 11 is 6.05. The van der Waals surface area contributed by atoms with Gasteiger partial charge in [0.1, 0.15) is 5.15 Å². The van der Waals surface area contributed by atoms with Crippen LogP contribution in [0, 0.1) is 6.92 Å². The first-order valence-corrected chi connectivity index (χ1v) is 6.10. The normalized spacial score (nSPS) is 10.8. The van der Waals surface area contributed by atoms with Gasteiger partial charge in [-0.15, -0.1) is 0 Å². The lowest BCUT2D eigenvalue weighted by atomic mass is 10.1. The topological polar surface area (TPSA) is 25.8 Å². The van der Waals surface area contributed by atoms with Gasteiger partial charge in [-0.1, -0.05) is 41.4 Å². The van der Waals surface area contributed by atoms with Crippen LogP contribution in [0.25, 0.3) is 22.2 Å². The highest BCUT2D eigenvalue weighted by Gasteiger charge is 2.07. The first-order chi connectivity index (χ1) is 8.74. The molecule has 88 valence electrons. The molecule has 0 saturated carbocycles. The molecule has 3 rings (SSSR count). The maximum atomic E-state index is 6.05. The van der Waals surface area contributed by atoms with Crippen LogP contribution in [-0.2, 0) is 0 Å². The monoisotopic (exact) mass is 254 g/mol. The molecule has 0 saturated heterocycles. The Bertz CT molecular complexity index is 705. The van der Waals surface area contributed by atoms with E-state index in [1.807, 2.05) is 12.1 Å². The first kappa shape index (κ1) is 11.2. The van der Waals surface area contributed by atoms with Crippen LogP contribution in [0.15, 0.2) is 48.7 Å². The van der Waals surface area contributed by atoms with Crippen molar-refractivity contribution < 1.29 is 0 Å². The summed E-state index contributed by atoms with van der Waals surface area (Å²) in [5, 5.41) is 1.49. The van der Waals surface area contributed by atoms with E-state index in [1.54, 1.807) is 12.3 Å². The lowest BCUT2D eigenvalue weighted by molar-refractivity contribution is 1.32. The molecule has 0 amide bonds. The van der Waals surface area contributed by atoms with Crippen LogP contribution in [-0.4, -0.2) is 9.97 Å². The molecule has 0 unspecified atom stereocenters. The molecule has 0 aliphatic heterocycles. The molecule has 1 aromatic carbocycles. The Labute approximate surface area is 110 Å². The second kappa shape index (κ2) is 4.39. The minimum Gasteiger partial charge on any atom is -0.256 e. The van der Waals surface area contributed by atoms with E-state index in [4.69, 9.17) is 11.6 Å². The van der Waals surface area contributed by atoms with Gasteiger partial charge in [0.15, 0.2) is 0 Å². The summed E-state index contributed by atoms with van der Waals surface area (Å²) in [6.45, 7) is 2.06. The zero-order valence-corrected chi connectivity index (χ0v) is 10.6. The van der Waals surface area contributed by atoms with Crippen LogP contribution in [0.2, 0.25) is 5.15 Å². The molecule has 0 radical (unpaired) electrons. The molecule has 18 heavy (non-hydrogen) atoms. The first-order valence-electron chi connectivity index (χ1n) is 5.72. The Morgan fingerprint density at radius 2 is 1.83 bits per heavy atom. The molecule has 3 aromatic rings. The SMILES string of the molecule is Cc1ccc(-c2nc(Cl)cc3ncccc23)cc1. The molecular formula is C15H11ClN2. The van der Waals surface area contributed by atoms with Crippen molar-refractivity contribution in [3.8, 4) is 11.3 Å². The smallest absolute Gasteiger partial charge is 0.131 e. The average molecular weight is 255 g/mol. The number of rotatable bonds is 1. The quantitative estimate of drug-likeness (QED) is 0.607. The maximum absolute atomic E-state index is 6.05. The van der Waals surface area contributed by atoms with Gasteiger partial charge < -0.3 is 0 Å². The predicted molar refractivity (Wildman–Crippen MR) is 74.7 cm³/mol. The lowest BCUT2D eigenvalue weighted by Crippen LogP contribution is -1.89. The summed E-state index contributed by atoms with van der Waals surface area (Å²) in [5.74, 6) is 0. The summed E-state index contributed by atoms with van der Waals surface area (Å²) in [6.07, 6.45) is 1.76. The van der Waals surface area contributed by atoms with Crippen LogP contribution in [0.3, 0.4) is 0 Å². The van der Waals surface area contributed by atoms with E-state index >= 15 is 0 Å². The van der Waals surface area contributed by atoms with Crippen molar-refractivity contribution >= 4 is 22.5 Å². The fraction of sp³-hybridized carbons (Fsp3) is 0.0667. The van der Waals surface area contributed by atoms with Gasteiger partial charge in [-0.2, -0.15) is 0 Å². The van der Waals surface area contributed by atoms with Gasteiger partial charge in [-0.3, -0.25) is 4.98 Å². The fourth-order valence-electron chi connectivity index (χ4n) is 1.98. The molecule has 2 aromatic heterocycles. The molecule has 0 bridgehead atoms. The second-order valence-corrected chi connectivity index (χ2v) is 4.62. The fourth-order valence-corrected chi connectivity index (χ4v) is 2.16. The van der Waals surface area contributed by atoms with Crippen LogP contribution in [0.1, 0.15) is 5.56 Å². The lowest BCUT2D eigenvalue weighted by Gasteiger charge is -2.06. The zero-order chi connectivity index (χ0) is 12.5. The van der Waals surface area contributed by atoms with Crippen molar-refractivity contribution in [2.75, 3.05) is 0 Å². The van der Waals surface area contributed by atoms with Crippen molar-refractivity contribution in [1.82, 2.24) is 9.97 Å². The number of pyridine rings is 2. The van der Waals surface area contributed by atoms with E-state index in [0.29, 0.717) is 5.15 Å². The van der Waals surface area contributed by atoms with Gasteiger partial charge in [0, 0.05) is 23.2 Å². The van der Waals surface area contributed by atoms with E-state index in [2.05, 4.69) is 41.2 Å². The molecule has 0 atom stereocenters. The number of aryl methyl sites for hydroxylation is 1. The Hall–Kier alpha value is -1.93. The molecule has 3 heteroatoms. The van der Waals surface area contributed by atoms with Crippen molar-refractivity contribution in [2.45, 2.75) is 6.92 Å². The summed E-state index contributed by atoms with van der Waals surface area (Å²) in [5.41, 5.74) is 4.03. The molecule has 0 fully saturated rings. The largest absolute Gasteiger partial charge is 0.256 e. The van der Waals surface area contributed by atoms with E-state index in [0.717, 1.165) is 22.2 Å². The van der Waals surface area contributed by atoms with Crippen molar-refractivity contribution in [2.24, 2.45) is 0 Å². The average Bonchev–Trinajstić information content (AvgIpc) is 2.38. The number of benzene rings is 1. The minimum absolute atomic E-state index is 0.469. The summed E-state index contributed by atoms with van der Waals surface area (Å²) < 4.78 is 0. The second-order valence-electron chi connectivity index (χ2n) is 4.23. The third-order valence-electron chi connectivity index (χ3n) is 2.89.